The van der Waals surface area contributed by atoms with Crippen LogP contribution in [0.3, 0.4) is 0 Å². The van der Waals surface area contributed by atoms with E-state index in [1.165, 1.54) is 0 Å². The second kappa shape index (κ2) is 7.75. The number of methoxy groups -OCH3 is 1. The molecule has 0 fully saturated rings. The van der Waals surface area contributed by atoms with Crippen molar-refractivity contribution in [1.82, 2.24) is 0 Å². The summed E-state index contributed by atoms with van der Waals surface area (Å²) in [5.41, 5.74) is 7.61. The Balaban J connectivity index is 2.39. The quantitative estimate of drug-likeness (QED) is 0.225. The normalized spacial score (nSPS) is 12.4. The van der Waals surface area contributed by atoms with Gasteiger partial charge in [-0.1, -0.05) is 31.1 Å². The maximum atomic E-state index is 8.72. The molecule has 1 rings (SSSR count). The third kappa shape index (κ3) is 5.09. The largest absolute Gasteiger partial charge is 0.409 e. The Hall–Kier alpha value is -1.75. The number of rotatable bonds is 8. The van der Waals surface area contributed by atoms with Gasteiger partial charge in [0, 0.05) is 24.8 Å². The van der Waals surface area contributed by atoms with Crippen molar-refractivity contribution in [1.29, 1.82) is 0 Å². The molecule has 5 heteroatoms. The van der Waals surface area contributed by atoms with Crippen molar-refractivity contribution >= 4 is 11.5 Å². The zero-order valence-corrected chi connectivity index (χ0v) is 12.5. The lowest BCUT2D eigenvalue weighted by Gasteiger charge is -2.22. The molecule has 20 heavy (non-hydrogen) atoms. The fraction of sp³-hybridized carbons (Fsp3) is 0.533. The van der Waals surface area contributed by atoms with Crippen molar-refractivity contribution in [3.8, 4) is 0 Å². The van der Waals surface area contributed by atoms with Gasteiger partial charge in [-0.2, -0.15) is 0 Å². The van der Waals surface area contributed by atoms with Gasteiger partial charge in [0.1, 0.15) is 5.84 Å². The van der Waals surface area contributed by atoms with Gasteiger partial charge in [0.05, 0.1) is 6.61 Å². The van der Waals surface area contributed by atoms with Crippen molar-refractivity contribution in [3.05, 3.63) is 29.8 Å². The van der Waals surface area contributed by atoms with Crippen LogP contribution >= 0.6 is 0 Å². The van der Waals surface area contributed by atoms with Gasteiger partial charge in [-0.25, -0.2) is 0 Å². The fourth-order valence-electron chi connectivity index (χ4n) is 1.96. The molecule has 0 atom stereocenters. The molecule has 0 spiro atoms. The summed E-state index contributed by atoms with van der Waals surface area (Å²) in [7, 11) is 1.69. The molecule has 0 aliphatic rings. The average molecular weight is 279 g/mol. The van der Waals surface area contributed by atoms with E-state index in [-0.39, 0.29) is 11.3 Å². The zero-order valence-electron chi connectivity index (χ0n) is 12.5. The summed E-state index contributed by atoms with van der Waals surface area (Å²) in [5.74, 6) is 0.277. The summed E-state index contributed by atoms with van der Waals surface area (Å²) in [5, 5.41) is 15.2. The minimum Gasteiger partial charge on any atom is -0.409 e. The van der Waals surface area contributed by atoms with Crippen LogP contribution in [0.1, 0.15) is 32.3 Å². The lowest BCUT2D eigenvalue weighted by molar-refractivity contribution is 0.185. The highest BCUT2D eigenvalue weighted by Crippen LogP contribution is 2.22. The Labute approximate surface area is 120 Å². The van der Waals surface area contributed by atoms with Crippen LogP contribution in [0.25, 0.3) is 0 Å². The average Bonchev–Trinajstić information content (AvgIpc) is 2.43. The molecule has 1 aromatic carbocycles. The molecule has 4 N–H and O–H groups in total. The van der Waals surface area contributed by atoms with E-state index >= 15 is 0 Å². The van der Waals surface area contributed by atoms with Crippen LogP contribution < -0.4 is 11.1 Å². The topological polar surface area (TPSA) is 79.9 Å². The van der Waals surface area contributed by atoms with Crippen LogP contribution in [-0.2, 0) is 11.3 Å². The van der Waals surface area contributed by atoms with Gasteiger partial charge in [0.15, 0.2) is 0 Å². The summed E-state index contributed by atoms with van der Waals surface area (Å²) in [6, 6.07) is 8.17. The van der Waals surface area contributed by atoms with Gasteiger partial charge in [-0.15, -0.1) is 0 Å². The predicted octanol–water partition coefficient (Wildman–Crippen LogP) is 2.80. The first-order chi connectivity index (χ1) is 9.49. The van der Waals surface area contributed by atoms with Crippen LogP contribution in [0.5, 0.6) is 0 Å². The number of hydrogen-bond donors (Lipinski definition) is 3. The Kier molecular flexibility index (Phi) is 6.31. The van der Waals surface area contributed by atoms with Crippen molar-refractivity contribution in [2.75, 3.05) is 19.0 Å². The highest BCUT2D eigenvalue weighted by atomic mass is 16.5. The van der Waals surface area contributed by atoms with E-state index in [0.29, 0.717) is 6.61 Å². The van der Waals surface area contributed by atoms with Crippen molar-refractivity contribution < 1.29 is 9.94 Å². The first-order valence-electron chi connectivity index (χ1n) is 6.79. The van der Waals surface area contributed by atoms with Crippen LogP contribution in [-0.4, -0.2) is 24.7 Å². The van der Waals surface area contributed by atoms with E-state index in [2.05, 4.69) is 16.5 Å². The standard InChI is InChI=1S/C15H25N3O2/c1-15(2,14(16)18-19)8-5-9-17-13-7-4-6-12(10-13)11-20-3/h4,6-7,10,17,19H,5,8-9,11H2,1-3H3,(H2,16,18). The van der Waals surface area contributed by atoms with E-state index in [1.807, 2.05) is 32.0 Å². The van der Waals surface area contributed by atoms with Crippen LogP contribution in [0.2, 0.25) is 0 Å². The van der Waals surface area contributed by atoms with E-state index in [4.69, 9.17) is 15.7 Å². The second-order valence-corrected chi connectivity index (χ2v) is 5.53. The second-order valence-electron chi connectivity index (χ2n) is 5.53. The molecule has 0 saturated carbocycles. The highest BCUT2D eigenvalue weighted by molar-refractivity contribution is 5.85. The molecule has 0 saturated heterocycles. The van der Waals surface area contributed by atoms with Gasteiger partial charge in [0.25, 0.3) is 0 Å². The molecule has 0 aliphatic carbocycles. The summed E-state index contributed by atoms with van der Waals surface area (Å²) in [6.45, 7) is 5.41. The SMILES string of the molecule is COCc1cccc(NCCCC(C)(C)C(N)=NO)c1. The van der Waals surface area contributed by atoms with E-state index < -0.39 is 0 Å². The number of nitrogens with two attached hydrogens (primary N) is 1. The zero-order chi connectivity index (χ0) is 15.0. The maximum Gasteiger partial charge on any atom is 0.144 e. The van der Waals surface area contributed by atoms with Crippen molar-refractivity contribution in [2.24, 2.45) is 16.3 Å². The number of nitrogens with zero attached hydrogens (tertiary/aromatic N) is 1. The molecule has 0 amide bonds. The Morgan fingerprint density at radius 2 is 2.20 bits per heavy atom. The molecule has 112 valence electrons. The van der Waals surface area contributed by atoms with Crippen molar-refractivity contribution in [2.45, 2.75) is 33.3 Å². The molecule has 0 radical (unpaired) electrons. The Morgan fingerprint density at radius 1 is 1.45 bits per heavy atom. The number of amidine groups is 1. The monoisotopic (exact) mass is 279 g/mol. The minimum absolute atomic E-state index is 0.277. The summed E-state index contributed by atoms with van der Waals surface area (Å²) in [6.07, 6.45) is 1.80. The summed E-state index contributed by atoms with van der Waals surface area (Å²) >= 11 is 0. The predicted molar refractivity (Wildman–Crippen MR) is 82.1 cm³/mol. The van der Waals surface area contributed by atoms with Crippen LogP contribution in [0, 0.1) is 5.41 Å². The van der Waals surface area contributed by atoms with Crippen LogP contribution in [0.15, 0.2) is 29.4 Å². The van der Waals surface area contributed by atoms with E-state index in [1.54, 1.807) is 7.11 Å². The number of nitrogens with one attached hydrogen (secondary N) is 1. The van der Waals surface area contributed by atoms with E-state index in [0.717, 1.165) is 30.6 Å². The number of hydrogen-bond acceptors (Lipinski definition) is 4. The van der Waals surface area contributed by atoms with Gasteiger partial charge >= 0.3 is 0 Å². The van der Waals surface area contributed by atoms with Gasteiger partial charge in [-0.3, -0.25) is 0 Å². The molecule has 0 heterocycles. The lowest BCUT2D eigenvalue weighted by atomic mass is 9.86. The van der Waals surface area contributed by atoms with Crippen molar-refractivity contribution in [3.63, 3.8) is 0 Å². The highest BCUT2D eigenvalue weighted by Gasteiger charge is 2.22. The fourth-order valence-corrected chi connectivity index (χ4v) is 1.96. The van der Waals surface area contributed by atoms with E-state index in [9.17, 15) is 0 Å². The number of ether oxygens (including phenoxy) is 1. The third-order valence-corrected chi connectivity index (χ3v) is 3.35. The maximum absolute atomic E-state index is 8.72. The summed E-state index contributed by atoms with van der Waals surface area (Å²) in [4.78, 5) is 0. The van der Waals surface area contributed by atoms with Gasteiger partial charge in [0.2, 0.25) is 0 Å². The molecule has 0 bridgehead atoms. The molecular formula is C15H25N3O2. The number of oxime groups is 1. The van der Waals surface area contributed by atoms with Gasteiger partial charge < -0.3 is 21.0 Å². The first-order valence-corrected chi connectivity index (χ1v) is 6.79. The van der Waals surface area contributed by atoms with Gasteiger partial charge in [-0.05, 0) is 30.5 Å². The molecule has 0 unspecified atom stereocenters. The first kappa shape index (κ1) is 16.3. The third-order valence-electron chi connectivity index (χ3n) is 3.35. The Bertz CT molecular complexity index is 444. The minimum atomic E-state index is -0.283. The molecule has 1 aromatic rings. The summed E-state index contributed by atoms with van der Waals surface area (Å²) < 4.78 is 5.11. The Morgan fingerprint density at radius 3 is 2.85 bits per heavy atom. The number of anilines is 1. The lowest BCUT2D eigenvalue weighted by Crippen LogP contribution is -2.32. The molecule has 0 aliphatic heterocycles. The molecule has 0 aromatic heterocycles. The smallest absolute Gasteiger partial charge is 0.144 e. The molecular weight excluding hydrogens is 254 g/mol. The van der Waals surface area contributed by atoms with Crippen LogP contribution in [0.4, 0.5) is 5.69 Å². The molecule has 5 nitrogen and oxygen atoms in total. The number of benzene rings is 1.